The highest BCUT2D eigenvalue weighted by Gasteiger charge is 2.24. The number of carbonyl (C=O) groups excluding carboxylic acids is 1. The van der Waals surface area contributed by atoms with Gasteiger partial charge in [0.1, 0.15) is 5.69 Å². The molecule has 2 aromatic rings. The molecular weight excluding hydrogens is 370 g/mol. The van der Waals surface area contributed by atoms with E-state index in [9.17, 15) is 9.59 Å². The van der Waals surface area contributed by atoms with Gasteiger partial charge in [-0.05, 0) is 31.0 Å². The molecule has 0 atom stereocenters. The number of carbonyl (C=O) groups is 1. The Labute approximate surface area is 169 Å². The Morgan fingerprint density at radius 1 is 0.793 bits per heavy atom. The van der Waals surface area contributed by atoms with Crippen molar-refractivity contribution in [1.82, 2.24) is 24.9 Å². The second kappa shape index (κ2) is 8.59. The molecule has 0 unspecified atom stereocenters. The van der Waals surface area contributed by atoms with Crippen molar-refractivity contribution in [3.8, 4) is 0 Å². The van der Waals surface area contributed by atoms with Crippen molar-refractivity contribution in [2.75, 3.05) is 49.1 Å². The SMILES string of the molecule is Cn1nc(C(=O)N2CCN(c3ccc(N4CCCCCC4)nn3)CC2)ccc1=O. The number of nitrogens with zero attached hydrogens (tertiary/aromatic N) is 7. The van der Waals surface area contributed by atoms with E-state index in [-0.39, 0.29) is 11.5 Å². The topological polar surface area (TPSA) is 87.5 Å². The molecule has 4 heterocycles. The lowest BCUT2D eigenvalue weighted by atomic mass is 10.2. The van der Waals surface area contributed by atoms with Gasteiger partial charge in [0, 0.05) is 52.4 Å². The zero-order valence-corrected chi connectivity index (χ0v) is 16.8. The maximum Gasteiger partial charge on any atom is 0.274 e. The van der Waals surface area contributed by atoms with Crippen LogP contribution in [0.3, 0.4) is 0 Å². The number of amides is 1. The van der Waals surface area contributed by atoms with Crippen LogP contribution in [0.15, 0.2) is 29.1 Å². The van der Waals surface area contributed by atoms with Crippen LogP contribution in [0.4, 0.5) is 11.6 Å². The van der Waals surface area contributed by atoms with Crippen molar-refractivity contribution < 1.29 is 4.79 Å². The van der Waals surface area contributed by atoms with Crippen LogP contribution >= 0.6 is 0 Å². The van der Waals surface area contributed by atoms with E-state index >= 15 is 0 Å². The Morgan fingerprint density at radius 3 is 1.93 bits per heavy atom. The van der Waals surface area contributed by atoms with E-state index in [0.717, 1.165) is 24.7 Å². The molecule has 0 bridgehead atoms. The fourth-order valence-corrected chi connectivity index (χ4v) is 3.87. The molecule has 0 spiro atoms. The summed E-state index contributed by atoms with van der Waals surface area (Å²) < 4.78 is 1.19. The predicted octanol–water partition coefficient (Wildman–Crippen LogP) is 0.913. The molecule has 4 rings (SSSR count). The third-order valence-electron chi connectivity index (χ3n) is 5.64. The summed E-state index contributed by atoms with van der Waals surface area (Å²) in [6.07, 6.45) is 5.01. The van der Waals surface area contributed by atoms with Crippen LogP contribution in [0.25, 0.3) is 0 Å². The van der Waals surface area contributed by atoms with Crippen LogP contribution in [-0.2, 0) is 7.05 Å². The molecule has 2 aliphatic rings. The third-order valence-corrected chi connectivity index (χ3v) is 5.64. The molecule has 2 saturated heterocycles. The van der Waals surface area contributed by atoms with E-state index in [0.29, 0.717) is 31.9 Å². The molecule has 0 N–H and O–H groups in total. The van der Waals surface area contributed by atoms with Crippen LogP contribution in [0, 0.1) is 0 Å². The minimum Gasteiger partial charge on any atom is -0.355 e. The molecule has 0 aromatic carbocycles. The molecule has 1 amide bonds. The molecular formula is C20H27N7O2. The van der Waals surface area contributed by atoms with Crippen molar-refractivity contribution >= 4 is 17.5 Å². The lowest BCUT2D eigenvalue weighted by Crippen LogP contribution is -2.49. The van der Waals surface area contributed by atoms with Crippen LogP contribution in [-0.4, -0.2) is 70.1 Å². The Bertz CT molecular complexity index is 896. The maximum atomic E-state index is 12.7. The van der Waals surface area contributed by atoms with Gasteiger partial charge in [-0.15, -0.1) is 10.2 Å². The highest BCUT2D eigenvalue weighted by Crippen LogP contribution is 2.20. The van der Waals surface area contributed by atoms with Crippen molar-refractivity contribution in [2.45, 2.75) is 25.7 Å². The van der Waals surface area contributed by atoms with Gasteiger partial charge in [0.05, 0.1) is 0 Å². The average molecular weight is 397 g/mol. The summed E-state index contributed by atoms with van der Waals surface area (Å²) in [4.78, 5) is 30.4. The minimum atomic E-state index is -0.228. The summed E-state index contributed by atoms with van der Waals surface area (Å²) in [7, 11) is 1.55. The summed E-state index contributed by atoms with van der Waals surface area (Å²) in [5.74, 6) is 1.64. The van der Waals surface area contributed by atoms with Gasteiger partial charge in [-0.2, -0.15) is 5.10 Å². The van der Waals surface area contributed by atoms with Gasteiger partial charge in [-0.3, -0.25) is 9.59 Å². The van der Waals surface area contributed by atoms with Gasteiger partial charge < -0.3 is 14.7 Å². The van der Waals surface area contributed by atoms with Crippen molar-refractivity contribution in [1.29, 1.82) is 0 Å². The minimum absolute atomic E-state index is 0.150. The Kier molecular flexibility index (Phi) is 5.73. The fourth-order valence-electron chi connectivity index (χ4n) is 3.87. The number of piperazine rings is 1. The van der Waals surface area contributed by atoms with E-state index in [2.05, 4.69) is 31.2 Å². The first-order valence-electron chi connectivity index (χ1n) is 10.3. The summed E-state index contributed by atoms with van der Waals surface area (Å²) >= 11 is 0. The Hall–Kier alpha value is -2.97. The number of aromatic nitrogens is 4. The molecule has 2 aliphatic heterocycles. The molecule has 0 saturated carbocycles. The maximum absolute atomic E-state index is 12.7. The van der Waals surface area contributed by atoms with Crippen molar-refractivity contribution in [3.05, 3.63) is 40.3 Å². The number of aryl methyl sites for hydroxylation is 1. The largest absolute Gasteiger partial charge is 0.355 e. The first-order chi connectivity index (χ1) is 14.1. The molecule has 9 nitrogen and oxygen atoms in total. The van der Waals surface area contributed by atoms with E-state index in [1.807, 2.05) is 6.07 Å². The number of rotatable bonds is 3. The smallest absolute Gasteiger partial charge is 0.274 e. The van der Waals surface area contributed by atoms with E-state index in [1.165, 1.54) is 42.5 Å². The van der Waals surface area contributed by atoms with Crippen LogP contribution in [0.1, 0.15) is 36.2 Å². The average Bonchev–Trinajstić information content (AvgIpc) is 3.05. The van der Waals surface area contributed by atoms with Gasteiger partial charge in [0.2, 0.25) is 0 Å². The summed E-state index contributed by atoms with van der Waals surface area (Å²) in [5.41, 5.74) is 0.0655. The van der Waals surface area contributed by atoms with Gasteiger partial charge >= 0.3 is 0 Å². The molecule has 29 heavy (non-hydrogen) atoms. The first-order valence-corrected chi connectivity index (χ1v) is 10.3. The van der Waals surface area contributed by atoms with Crippen molar-refractivity contribution in [2.24, 2.45) is 7.05 Å². The van der Waals surface area contributed by atoms with Gasteiger partial charge in [0.15, 0.2) is 11.6 Å². The lowest BCUT2D eigenvalue weighted by molar-refractivity contribution is 0.0738. The van der Waals surface area contributed by atoms with Gasteiger partial charge in [0.25, 0.3) is 11.5 Å². The van der Waals surface area contributed by atoms with Crippen LogP contribution in [0.2, 0.25) is 0 Å². The monoisotopic (exact) mass is 397 g/mol. The van der Waals surface area contributed by atoms with Crippen LogP contribution < -0.4 is 15.4 Å². The molecule has 2 aromatic heterocycles. The zero-order chi connectivity index (χ0) is 20.2. The van der Waals surface area contributed by atoms with E-state index < -0.39 is 0 Å². The highest BCUT2D eigenvalue weighted by molar-refractivity contribution is 5.92. The summed E-state index contributed by atoms with van der Waals surface area (Å²) in [6.45, 7) is 4.64. The lowest BCUT2D eigenvalue weighted by Gasteiger charge is -2.35. The highest BCUT2D eigenvalue weighted by atomic mass is 16.2. The van der Waals surface area contributed by atoms with Gasteiger partial charge in [-0.25, -0.2) is 4.68 Å². The molecule has 0 aliphatic carbocycles. The predicted molar refractivity (Wildman–Crippen MR) is 110 cm³/mol. The molecule has 9 heteroatoms. The second-order valence-corrected chi connectivity index (χ2v) is 7.61. The van der Waals surface area contributed by atoms with Gasteiger partial charge in [-0.1, -0.05) is 12.8 Å². The fraction of sp³-hybridized carbons (Fsp3) is 0.550. The number of hydrogen-bond donors (Lipinski definition) is 0. The first kappa shape index (κ1) is 19.4. The normalized spacial score (nSPS) is 17.9. The number of hydrogen-bond acceptors (Lipinski definition) is 7. The zero-order valence-electron chi connectivity index (χ0n) is 16.8. The Balaban J connectivity index is 1.36. The van der Waals surface area contributed by atoms with Crippen LogP contribution in [0.5, 0.6) is 0 Å². The molecule has 0 radical (unpaired) electrons. The van der Waals surface area contributed by atoms with E-state index in [1.54, 1.807) is 11.9 Å². The summed E-state index contributed by atoms with van der Waals surface area (Å²) in [5, 5.41) is 12.9. The van der Waals surface area contributed by atoms with E-state index in [4.69, 9.17) is 0 Å². The third kappa shape index (κ3) is 4.38. The Morgan fingerprint density at radius 2 is 1.38 bits per heavy atom. The number of anilines is 2. The summed E-state index contributed by atoms with van der Waals surface area (Å²) in [6, 6.07) is 6.95. The molecule has 2 fully saturated rings. The quantitative estimate of drug-likeness (QED) is 0.761. The molecule has 154 valence electrons. The second-order valence-electron chi connectivity index (χ2n) is 7.61. The van der Waals surface area contributed by atoms with Crippen molar-refractivity contribution in [3.63, 3.8) is 0 Å². The standard InChI is InChI=1S/C20H27N7O2/c1-24-19(28)9-6-16(23-24)20(29)27-14-12-26(13-15-27)18-8-7-17(21-22-18)25-10-4-2-3-5-11-25/h6-9H,2-5,10-15H2,1H3.